The number of esters is 3. The highest BCUT2D eigenvalue weighted by atomic mass is 16.7. The van der Waals surface area contributed by atoms with Crippen molar-refractivity contribution in [3.8, 4) is 0 Å². The standard InChI is InChI=1S/C67H112O12/c1-4-7-10-13-16-19-22-25-27-29-30-32-34-37-40-43-46-49-52-55-61(70)78-65-63(72)62(71)64(66(73)74)79-67(65)76-57-58(77-60(69)54-51-48-45-42-39-35-24-21-18-15-12-9-6-3)56-75-59(68)53-50-47-44-41-38-36-33-31-28-26-23-20-17-14-11-8-5-2/h7,10,16,19,21,24-28,30,32,37,40,58,62-65,67,71-72H,4-6,8-9,11-15,17-18,20,22-23,29,31,33-36,38-39,41-57H2,1-3H3,(H,73,74)/b10-7-,19-16-,24-21-,27-25-,28-26-,32-30-,40-37-. The number of aliphatic hydroxyl groups is 2. The summed E-state index contributed by atoms with van der Waals surface area (Å²) in [6, 6.07) is 0. The Kier molecular flexibility index (Phi) is 50.3. The van der Waals surface area contributed by atoms with E-state index in [1.807, 2.05) is 0 Å². The maximum Gasteiger partial charge on any atom is 0.335 e. The Labute approximate surface area is 480 Å². The van der Waals surface area contributed by atoms with E-state index in [0.29, 0.717) is 19.3 Å². The van der Waals surface area contributed by atoms with Crippen molar-refractivity contribution in [1.82, 2.24) is 0 Å². The zero-order valence-electron chi connectivity index (χ0n) is 49.8. The first-order chi connectivity index (χ1) is 38.6. The van der Waals surface area contributed by atoms with Crippen molar-refractivity contribution in [3.63, 3.8) is 0 Å². The van der Waals surface area contributed by atoms with Gasteiger partial charge in [-0.15, -0.1) is 0 Å². The van der Waals surface area contributed by atoms with Crippen LogP contribution in [0.2, 0.25) is 0 Å². The Hall–Kier alpha value is -4.10. The van der Waals surface area contributed by atoms with E-state index in [9.17, 15) is 34.5 Å². The van der Waals surface area contributed by atoms with Gasteiger partial charge < -0.3 is 39.0 Å². The quantitative estimate of drug-likeness (QED) is 0.0228. The van der Waals surface area contributed by atoms with E-state index in [0.717, 1.165) is 116 Å². The van der Waals surface area contributed by atoms with Crippen molar-refractivity contribution in [3.05, 3.63) is 85.1 Å². The predicted octanol–water partition coefficient (Wildman–Crippen LogP) is 16.7. The molecule has 1 heterocycles. The molecular formula is C67H112O12. The van der Waals surface area contributed by atoms with Gasteiger partial charge in [0.1, 0.15) is 18.8 Å². The minimum atomic E-state index is -1.92. The molecular weight excluding hydrogens is 997 g/mol. The molecule has 0 saturated carbocycles. The van der Waals surface area contributed by atoms with Crippen molar-refractivity contribution in [2.24, 2.45) is 0 Å². The molecule has 12 heteroatoms. The van der Waals surface area contributed by atoms with Crippen LogP contribution in [0.4, 0.5) is 0 Å². The van der Waals surface area contributed by atoms with E-state index < -0.39 is 67.3 Å². The third-order valence-electron chi connectivity index (χ3n) is 13.9. The second kappa shape index (κ2) is 54.5. The summed E-state index contributed by atoms with van der Waals surface area (Å²) in [5, 5.41) is 31.5. The van der Waals surface area contributed by atoms with Crippen molar-refractivity contribution in [2.45, 2.75) is 302 Å². The number of carboxylic acid groups (broad SMARTS) is 1. The molecule has 1 saturated heterocycles. The molecule has 1 aliphatic rings. The monoisotopic (exact) mass is 1110 g/mol. The van der Waals surface area contributed by atoms with Gasteiger partial charge in [-0.3, -0.25) is 14.4 Å². The van der Waals surface area contributed by atoms with E-state index in [4.69, 9.17) is 23.7 Å². The fourth-order valence-electron chi connectivity index (χ4n) is 9.09. The Morgan fingerprint density at radius 1 is 0.430 bits per heavy atom. The number of allylic oxidation sites excluding steroid dienone is 14. The Balaban J connectivity index is 2.69. The van der Waals surface area contributed by atoms with Gasteiger partial charge in [0.25, 0.3) is 0 Å². The molecule has 0 aromatic carbocycles. The fourth-order valence-corrected chi connectivity index (χ4v) is 9.09. The van der Waals surface area contributed by atoms with Crippen LogP contribution in [-0.2, 0) is 42.9 Å². The maximum absolute atomic E-state index is 13.2. The minimum absolute atomic E-state index is 0.0176. The Bertz CT molecular complexity index is 1700. The average molecular weight is 1110 g/mol. The molecule has 3 N–H and O–H groups in total. The van der Waals surface area contributed by atoms with E-state index >= 15 is 0 Å². The van der Waals surface area contributed by atoms with Crippen LogP contribution in [0.5, 0.6) is 0 Å². The molecule has 6 unspecified atom stereocenters. The number of ether oxygens (including phenoxy) is 5. The lowest BCUT2D eigenvalue weighted by Gasteiger charge is -2.40. The van der Waals surface area contributed by atoms with Crippen LogP contribution in [0.3, 0.4) is 0 Å². The van der Waals surface area contributed by atoms with Gasteiger partial charge in [-0.05, 0) is 116 Å². The number of rotatable bonds is 53. The molecule has 0 spiro atoms. The number of carboxylic acids is 1. The number of carbonyl (C=O) groups excluding carboxylic acids is 3. The fraction of sp³-hybridized carbons (Fsp3) is 0.731. The molecule has 0 amide bonds. The Morgan fingerprint density at radius 3 is 1.25 bits per heavy atom. The van der Waals surface area contributed by atoms with E-state index in [2.05, 4.69) is 106 Å². The zero-order valence-corrected chi connectivity index (χ0v) is 49.8. The number of aliphatic carboxylic acids is 1. The summed E-state index contributed by atoms with van der Waals surface area (Å²) in [6.07, 6.45) is 58.3. The first-order valence-electron chi connectivity index (χ1n) is 31.6. The topological polar surface area (TPSA) is 175 Å². The van der Waals surface area contributed by atoms with Crippen molar-refractivity contribution >= 4 is 23.9 Å². The van der Waals surface area contributed by atoms with Gasteiger partial charge in [0.15, 0.2) is 24.6 Å². The minimum Gasteiger partial charge on any atom is -0.479 e. The lowest BCUT2D eigenvalue weighted by molar-refractivity contribution is -0.301. The maximum atomic E-state index is 13.2. The van der Waals surface area contributed by atoms with Gasteiger partial charge in [-0.2, -0.15) is 0 Å². The van der Waals surface area contributed by atoms with Crippen molar-refractivity contribution in [1.29, 1.82) is 0 Å². The molecule has 0 aromatic rings. The predicted molar refractivity (Wildman–Crippen MR) is 321 cm³/mol. The lowest BCUT2D eigenvalue weighted by Crippen LogP contribution is -2.61. The highest BCUT2D eigenvalue weighted by Gasteiger charge is 2.50. The number of aliphatic hydroxyl groups excluding tert-OH is 2. The number of hydrogen-bond donors (Lipinski definition) is 3. The van der Waals surface area contributed by atoms with Gasteiger partial charge >= 0.3 is 23.9 Å². The van der Waals surface area contributed by atoms with Crippen LogP contribution >= 0.6 is 0 Å². The Morgan fingerprint density at radius 2 is 0.797 bits per heavy atom. The van der Waals surface area contributed by atoms with Crippen LogP contribution < -0.4 is 0 Å². The molecule has 1 rings (SSSR count). The lowest BCUT2D eigenvalue weighted by atomic mass is 9.98. The molecule has 0 bridgehead atoms. The number of hydrogen-bond acceptors (Lipinski definition) is 11. The van der Waals surface area contributed by atoms with Crippen molar-refractivity contribution in [2.75, 3.05) is 13.2 Å². The van der Waals surface area contributed by atoms with Crippen LogP contribution in [-0.4, -0.2) is 89.2 Å². The van der Waals surface area contributed by atoms with Gasteiger partial charge in [-0.25, -0.2) is 4.79 Å². The molecule has 0 aliphatic carbocycles. The second-order valence-electron chi connectivity index (χ2n) is 21.3. The van der Waals surface area contributed by atoms with Crippen LogP contribution in [0.1, 0.15) is 265 Å². The van der Waals surface area contributed by atoms with Gasteiger partial charge in [0.05, 0.1) is 6.61 Å². The van der Waals surface area contributed by atoms with Crippen molar-refractivity contribution < 1.29 is 58.2 Å². The van der Waals surface area contributed by atoms with E-state index in [1.165, 1.54) is 89.9 Å². The van der Waals surface area contributed by atoms with E-state index in [-0.39, 0.29) is 25.9 Å². The van der Waals surface area contributed by atoms with Gasteiger partial charge in [0, 0.05) is 19.3 Å². The molecule has 452 valence electrons. The van der Waals surface area contributed by atoms with Crippen LogP contribution in [0.25, 0.3) is 0 Å². The van der Waals surface area contributed by atoms with Gasteiger partial charge in [0.2, 0.25) is 0 Å². The number of carbonyl (C=O) groups is 4. The summed E-state index contributed by atoms with van der Waals surface area (Å²) in [7, 11) is 0. The first kappa shape index (κ1) is 72.9. The zero-order chi connectivity index (χ0) is 57.5. The molecule has 0 aromatic heterocycles. The smallest absolute Gasteiger partial charge is 0.335 e. The summed E-state index contributed by atoms with van der Waals surface area (Å²) >= 11 is 0. The highest BCUT2D eigenvalue weighted by molar-refractivity contribution is 5.74. The third-order valence-corrected chi connectivity index (χ3v) is 13.9. The van der Waals surface area contributed by atoms with Crippen LogP contribution in [0, 0.1) is 0 Å². The van der Waals surface area contributed by atoms with Crippen LogP contribution in [0.15, 0.2) is 85.1 Å². The molecule has 12 nitrogen and oxygen atoms in total. The highest BCUT2D eigenvalue weighted by Crippen LogP contribution is 2.26. The van der Waals surface area contributed by atoms with Gasteiger partial charge in [-0.1, -0.05) is 215 Å². The summed E-state index contributed by atoms with van der Waals surface area (Å²) in [4.78, 5) is 51.2. The normalized spacial score (nSPS) is 18.4. The average Bonchev–Trinajstić information content (AvgIpc) is 3.46. The molecule has 1 fully saturated rings. The van der Waals surface area contributed by atoms with E-state index in [1.54, 1.807) is 0 Å². The molecule has 79 heavy (non-hydrogen) atoms. The SMILES string of the molecule is CC/C=C\C/C=C\C/C=C\C/C=C\C/C=C\CCCCCC(=O)OC1C(OCC(COC(=O)CCCCCCCCC/C=C\CCCCCCCC)OC(=O)CCCCCCC/C=C\CCCCCC)OC(C(=O)O)C(O)C1O. The third kappa shape index (κ3) is 44.3. The molecule has 1 aliphatic heterocycles. The first-order valence-corrected chi connectivity index (χ1v) is 31.6. The largest absolute Gasteiger partial charge is 0.479 e. The molecule has 0 radical (unpaired) electrons. The number of unbranched alkanes of at least 4 members (excludes halogenated alkanes) is 25. The summed E-state index contributed by atoms with van der Waals surface area (Å²) in [5.74, 6) is -3.17. The second-order valence-corrected chi connectivity index (χ2v) is 21.3. The summed E-state index contributed by atoms with van der Waals surface area (Å²) < 4.78 is 28.4. The summed E-state index contributed by atoms with van der Waals surface area (Å²) in [6.45, 7) is 5.85. The summed E-state index contributed by atoms with van der Waals surface area (Å²) in [5.41, 5.74) is 0. The molecule has 6 atom stereocenters.